The lowest BCUT2D eigenvalue weighted by Gasteiger charge is -2.61. The maximum atomic E-state index is 11.8. The zero-order chi connectivity index (χ0) is 26.3. The Kier molecular flexibility index (Phi) is 6.88. The van der Waals surface area contributed by atoms with Crippen molar-refractivity contribution in [3.05, 3.63) is 0 Å². The summed E-state index contributed by atoms with van der Waals surface area (Å²) in [7, 11) is -0.183. The summed E-state index contributed by atoms with van der Waals surface area (Å²) < 4.78 is 12.0. The molecule has 5 aliphatic rings. The maximum Gasteiger partial charge on any atom is 0.305 e. The van der Waals surface area contributed by atoms with Gasteiger partial charge in [-0.1, -0.05) is 41.5 Å². The van der Waals surface area contributed by atoms with Crippen molar-refractivity contribution in [1.29, 1.82) is 0 Å². The minimum absolute atomic E-state index is 0.0366. The first-order chi connectivity index (χ1) is 16.7. The number of ether oxygens (including phenoxy) is 1. The van der Waals surface area contributed by atoms with Gasteiger partial charge in [0.2, 0.25) is 0 Å². The van der Waals surface area contributed by atoms with Gasteiger partial charge in [0.25, 0.3) is 0 Å². The van der Waals surface area contributed by atoms with Gasteiger partial charge >= 0.3 is 5.97 Å². The van der Waals surface area contributed by atoms with Crippen molar-refractivity contribution >= 4 is 14.3 Å². The molecule has 0 saturated heterocycles. The Labute approximate surface area is 223 Å². The standard InChI is InChI=1S/C32H56O3Si/c1-20(10-13-28(33)34-7)24-11-12-25-29-23-19-22(23)27-18-21(35-36(8,9)30(2,3)4)14-16-32(27,6)26(29)15-17-31(24,25)5/h20-27,29H,10-19H2,1-9H3/t20-,21?,22-,23?,24-,25+,26+,27+,29?,31-,32-/m1/s1. The third-order valence-corrected chi connectivity index (χ3v) is 18.0. The second-order valence-corrected chi connectivity index (χ2v) is 20.8. The van der Waals surface area contributed by atoms with Crippen molar-refractivity contribution in [3.8, 4) is 0 Å². The van der Waals surface area contributed by atoms with Crippen molar-refractivity contribution < 1.29 is 14.0 Å². The second-order valence-electron chi connectivity index (χ2n) is 16.1. The first-order valence-corrected chi connectivity index (χ1v) is 18.4. The Morgan fingerprint density at radius 3 is 2.28 bits per heavy atom. The summed E-state index contributed by atoms with van der Waals surface area (Å²) >= 11 is 0. The molecule has 0 aliphatic heterocycles. The Bertz CT molecular complexity index is 847. The topological polar surface area (TPSA) is 35.5 Å². The number of carbonyl (C=O) groups is 1. The lowest BCUT2D eigenvalue weighted by Crippen LogP contribution is -2.56. The minimum atomic E-state index is -1.71. The number of esters is 1. The smallest absolute Gasteiger partial charge is 0.305 e. The van der Waals surface area contributed by atoms with Crippen LogP contribution in [0.4, 0.5) is 0 Å². The number of hydrogen-bond donors (Lipinski definition) is 0. The number of fused-ring (bicyclic) bond motifs is 8. The van der Waals surface area contributed by atoms with Gasteiger partial charge in [-0.15, -0.1) is 0 Å². The van der Waals surface area contributed by atoms with E-state index >= 15 is 0 Å². The molecular weight excluding hydrogens is 460 g/mol. The largest absolute Gasteiger partial charge is 0.469 e. The van der Waals surface area contributed by atoms with Gasteiger partial charge in [0, 0.05) is 12.5 Å². The lowest BCUT2D eigenvalue weighted by atomic mass is 9.44. The molecule has 0 aromatic heterocycles. The molecule has 5 aliphatic carbocycles. The molecule has 0 spiro atoms. The van der Waals surface area contributed by atoms with E-state index in [0.29, 0.717) is 34.3 Å². The molecule has 0 radical (unpaired) electrons. The molecule has 3 nitrogen and oxygen atoms in total. The van der Waals surface area contributed by atoms with Crippen LogP contribution in [0.2, 0.25) is 18.1 Å². The highest BCUT2D eigenvalue weighted by atomic mass is 28.4. The van der Waals surface area contributed by atoms with Gasteiger partial charge in [-0.05, 0) is 134 Å². The summed E-state index contributed by atoms with van der Waals surface area (Å²) in [6, 6.07) is 0. The molecule has 36 heavy (non-hydrogen) atoms. The van der Waals surface area contributed by atoms with Crippen LogP contribution >= 0.6 is 0 Å². The van der Waals surface area contributed by atoms with E-state index in [2.05, 4.69) is 54.6 Å². The average Bonchev–Trinajstić information content (AvgIpc) is 3.51. The van der Waals surface area contributed by atoms with Crippen molar-refractivity contribution in [2.24, 2.45) is 58.2 Å². The van der Waals surface area contributed by atoms with Crippen LogP contribution in [-0.2, 0) is 14.0 Å². The molecule has 0 bridgehead atoms. The van der Waals surface area contributed by atoms with Gasteiger partial charge in [0.15, 0.2) is 8.32 Å². The van der Waals surface area contributed by atoms with E-state index < -0.39 is 8.32 Å². The fourth-order valence-electron chi connectivity index (χ4n) is 10.5. The fourth-order valence-corrected chi connectivity index (χ4v) is 11.9. The van der Waals surface area contributed by atoms with E-state index in [1.807, 2.05) is 0 Å². The van der Waals surface area contributed by atoms with Crippen molar-refractivity contribution in [2.75, 3.05) is 7.11 Å². The summed E-state index contributed by atoms with van der Waals surface area (Å²) in [4.78, 5) is 11.8. The van der Waals surface area contributed by atoms with Crippen LogP contribution in [0.1, 0.15) is 106 Å². The predicted molar refractivity (Wildman–Crippen MR) is 150 cm³/mol. The van der Waals surface area contributed by atoms with Gasteiger partial charge in [0.1, 0.15) is 0 Å². The molecular formula is C32H56O3Si. The highest BCUT2D eigenvalue weighted by molar-refractivity contribution is 6.74. The zero-order valence-corrected chi connectivity index (χ0v) is 26.0. The molecule has 0 aromatic rings. The zero-order valence-electron chi connectivity index (χ0n) is 25.0. The predicted octanol–water partition coefficient (Wildman–Crippen LogP) is 8.48. The van der Waals surface area contributed by atoms with Crippen LogP contribution in [0.3, 0.4) is 0 Å². The number of carbonyl (C=O) groups excluding carboxylic acids is 1. The van der Waals surface area contributed by atoms with Crippen molar-refractivity contribution in [3.63, 3.8) is 0 Å². The first-order valence-electron chi connectivity index (χ1n) is 15.5. The highest BCUT2D eigenvalue weighted by Gasteiger charge is 2.69. The Hall–Kier alpha value is -0.353. The highest BCUT2D eigenvalue weighted by Crippen LogP contribution is 2.76. The third kappa shape index (κ3) is 4.27. The van der Waals surface area contributed by atoms with Gasteiger partial charge in [-0.25, -0.2) is 0 Å². The Morgan fingerprint density at radius 1 is 0.944 bits per heavy atom. The lowest BCUT2D eigenvalue weighted by molar-refractivity contribution is -0.141. The monoisotopic (exact) mass is 516 g/mol. The summed E-state index contributed by atoms with van der Waals surface area (Å²) in [5.41, 5.74) is 1.02. The number of rotatable bonds is 6. The van der Waals surface area contributed by atoms with Crippen LogP contribution in [0, 0.1) is 58.2 Å². The molecule has 3 unspecified atom stereocenters. The molecule has 0 N–H and O–H groups in total. The van der Waals surface area contributed by atoms with Gasteiger partial charge < -0.3 is 9.16 Å². The summed E-state index contributed by atoms with van der Waals surface area (Å²) in [5, 5.41) is 0.300. The van der Waals surface area contributed by atoms with Crippen LogP contribution in [0.25, 0.3) is 0 Å². The Balaban J connectivity index is 1.30. The quantitative estimate of drug-likeness (QED) is 0.262. The van der Waals surface area contributed by atoms with Crippen LogP contribution in [0.5, 0.6) is 0 Å². The number of hydrogen-bond acceptors (Lipinski definition) is 3. The molecule has 5 fully saturated rings. The van der Waals surface area contributed by atoms with Crippen molar-refractivity contribution in [1.82, 2.24) is 0 Å². The minimum Gasteiger partial charge on any atom is -0.469 e. The molecule has 0 heterocycles. The fraction of sp³-hybridized carbons (Fsp3) is 0.969. The normalized spacial score (nSPS) is 46.7. The Morgan fingerprint density at radius 2 is 1.61 bits per heavy atom. The van der Waals surface area contributed by atoms with E-state index in [1.54, 1.807) is 0 Å². The van der Waals surface area contributed by atoms with Crippen LogP contribution < -0.4 is 0 Å². The van der Waals surface area contributed by atoms with Gasteiger partial charge in [-0.3, -0.25) is 4.79 Å². The molecule has 0 aromatic carbocycles. The van der Waals surface area contributed by atoms with Gasteiger partial charge in [0.05, 0.1) is 7.11 Å². The third-order valence-electron chi connectivity index (χ3n) is 13.5. The number of methoxy groups -OCH3 is 1. The SMILES string of the molecule is COC(=O)CC[C@@H](C)[C@H]1CC[C@H]2C3C4C[C@H]4[C@@H]4CC(O[Si](C)(C)C(C)(C)C)CC[C@]4(C)[C@H]3CC[C@]12C. The van der Waals surface area contributed by atoms with E-state index in [4.69, 9.17) is 9.16 Å². The molecule has 5 saturated carbocycles. The van der Waals surface area contributed by atoms with E-state index in [0.717, 1.165) is 47.8 Å². The molecule has 4 heteroatoms. The van der Waals surface area contributed by atoms with Gasteiger partial charge in [-0.2, -0.15) is 0 Å². The molecule has 11 atom stereocenters. The van der Waals surface area contributed by atoms with E-state index in [-0.39, 0.29) is 5.97 Å². The van der Waals surface area contributed by atoms with E-state index in [9.17, 15) is 4.79 Å². The summed E-state index contributed by atoms with van der Waals surface area (Å²) in [5.74, 6) is 7.04. The maximum absolute atomic E-state index is 11.8. The summed E-state index contributed by atoms with van der Waals surface area (Å²) in [6.07, 6.45) is 13.3. The molecule has 5 rings (SSSR count). The molecule has 0 amide bonds. The van der Waals surface area contributed by atoms with Crippen LogP contribution in [0.15, 0.2) is 0 Å². The van der Waals surface area contributed by atoms with E-state index in [1.165, 1.54) is 58.5 Å². The average molecular weight is 517 g/mol. The molecule has 206 valence electrons. The summed E-state index contributed by atoms with van der Waals surface area (Å²) in [6.45, 7) is 19.9. The van der Waals surface area contributed by atoms with Crippen LogP contribution in [-0.4, -0.2) is 27.5 Å². The second kappa shape index (κ2) is 9.10. The first kappa shape index (κ1) is 27.2. The van der Waals surface area contributed by atoms with Crippen molar-refractivity contribution in [2.45, 2.75) is 130 Å².